The van der Waals surface area contributed by atoms with Crippen LogP contribution in [-0.4, -0.2) is 13.5 Å². The van der Waals surface area contributed by atoms with Gasteiger partial charge < -0.3 is 4.90 Å². The Hall–Kier alpha value is -1.97. The molecule has 0 N–H and O–H groups in total. The van der Waals surface area contributed by atoms with Gasteiger partial charge in [0.05, 0.1) is 0 Å². The quantitative estimate of drug-likeness (QED) is 0.747. The highest BCUT2D eigenvalue weighted by Gasteiger charge is 2.13. The second-order valence-electron chi connectivity index (χ2n) is 3.69. The molecule has 2 rings (SSSR count). The minimum absolute atomic E-state index is 0.0668. The second-order valence-corrected chi connectivity index (χ2v) is 3.69. The number of anilines is 1. The number of carbonyl (C=O) groups excluding carboxylic acids is 1. The smallest absolute Gasteiger partial charge is 0.318 e. The molecule has 0 spiro atoms. The van der Waals surface area contributed by atoms with Gasteiger partial charge in [-0.1, -0.05) is 24.3 Å². The summed E-state index contributed by atoms with van der Waals surface area (Å²) in [5.74, 6) is 0. The fourth-order valence-electron chi connectivity index (χ4n) is 1.72. The van der Waals surface area contributed by atoms with Crippen LogP contribution in [0, 0.1) is 6.43 Å². The molecule has 1 radical (unpaired) electrons. The van der Waals surface area contributed by atoms with Crippen molar-refractivity contribution in [1.29, 1.82) is 0 Å². The van der Waals surface area contributed by atoms with E-state index >= 15 is 0 Å². The molecule has 2 nitrogen and oxygen atoms in total. The molecule has 4 heteroatoms. The van der Waals surface area contributed by atoms with E-state index in [2.05, 4.69) is 0 Å². The van der Waals surface area contributed by atoms with Gasteiger partial charge in [0.1, 0.15) is 0 Å². The van der Waals surface area contributed by atoms with Crippen molar-refractivity contribution < 1.29 is 13.6 Å². The number of hydrogen-bond acceptors (Lipinski definition) is 1. The van der Waals surface area contributed by atoms with Gasteiger partial charge in [-0.3, -0.25) is 4.79 Å². The molecular weight excluding hydrogens is 224 g/mol. The van der Waals surface area contributed by atoms with Gasteiger partial charge in [0, 0.05) is 18.3 Å². The molecule has 0 aliphatic heterocycles. The Bertz CT molecular complexity index is 554. The van der Waals surface area contributed by atoms with E-state index in [9.17, 15) is 13.6 Å². The number of carbonyl (C=O) groups is 1. The summed E-state index contributed by atoms with van der Waals surface area (Å²) in [6, 6.07) is 9.63. The fraction of sp³-hybridized carbons (Fsp3) is 0.0769. The predicted molar refractivity (Wildman–Crippen MR) is 63.0 cm³/mol. The normalized spacial score (nSPS) is 10.8. The highest BCUT2D eigenvalue weighted by molar-refractivity contribution is 5.91. The molecule has 2 aromatic carbocycles. The van der Waals surface area contributed by atoms with E-state index in [0.29, 0.717) is 22.9 Å². The highest BCUT2D eigenvalue weighted by atomic mass is 19.3. The molecule has 0 heterocycles. The number of rotatable bonds is 3. The molecule has 0 aromatic heterocycles. The Labute approximate surface area is 97.5 Å². The first-order chi connectivity index (χ1) is 8.13. The maximum absolute atomic E-state index is 12.7. The first-order valence-corrected chi connectivity index (χ1v) is 5.02. The standard InChI is InChI=1S/C13H10F2NO/c1-16(8-17)10-5-6-11-9(7-10)3-2-4-12(11)13(14)15/h2-8H,1H3. The maximum Gasteiger partial charge on any atom is 0.340 e. The molecule has 17 heavy (non-hydrogen) atoms. The van der Waals surface area contributed by atoms with E-state index in [4.69, 9.17) is 0 Å². The Balaban J connectivity index is 2.60. The average molecular weight is 234 g/mol. The highest BCUT2D eigenvalue weighted by Crippen LogP contribution is 2.29. The number of hydrogen-bond donors (Lipinski definition) is 0. The monoisotopic (exact) mass is 234 g/mol. The summed E-state index contributed by atoms with van der Waals surface area (Å²) in [5, 5.41) is 1.16. The van der Waals surface area contributed by atoms with Gasteiger partial charge in [0.25, 0.3) is 0 Å². The molecule has 1 amide bonds. The third kappa shape index (κ3) is 2.11. The van der Waals surface area contributed by atoms with Crippen LogP contribution in [0.25, 0.3) is 10.8 Å². The number of benzene rings is 2. The summed E-state index contributed by atoms with van der Waals surface area (Å²) in [5.41, 5.74) is 0.603. The van der Waals surface area contributed by atoms with Crippen LogP contribution in [0.1, 0.15) is 5.56 Å². The van der Waals surface area contributed by atoms with Crippen molar-refractivity contribution in [2.45, 2.75) is 0 Å². The molecule has 87 valence electrons. The van der Waals surface area contributed by atoms with Gasteiger partial charge >= 0.3 is 6.43 Å². The second kappa shape index (κ2) is 4.49. The minimum Gasteiger partial charge on any atom is -0.318 e. The fourth-order valence-corrected chi connectivity index (χ4v) is 1.72. The third-order valence-electron chi connectivity index (χ3n) is 2.63. The van der Waals surface area contributed by atoms with E-state index in [0.717, 1.165) is 0 Å². The summed E-state index contributed by atoms with van der Waals surface area (Å²) >= 11 is 0. The molecular formula is C13H10F2NO. The van der Waals surface area contributed by atoms with E-state index in [-0.39, 0.29) is 5.56 Å². The van der Waals surface area contributed by atoms with E-state index in [1.165, 1.54) is 11.0 Å². The van der Waals surface area contributed by atoms with Crippen molar-refractivity contribution in [3.05, 3.63) is 48.4 Å². The van der Waals surface area contributed by atoms with Gasteiger partial charge in [-0.2, -0.15) is 8.78 Å². The predicted octanol–water partition coefficient (Wildman–Crippen LogP) is 3.21. The molecule has 0 aliphatic rings. The zero-order valence-electron chi connectivity index (χ0n) is 9.15. The van der Waals surface area contributed by atoms with Crippen molar-refractivity contribution in [3.63, 3.8) is 0 Å². The number of fused-ring (bicyclic) bond motifs is 1. The first kappa shape index (κ1) is 11.5. The molecule has 2 aromatic rings. The molecule has 0 atom stereocenters. The van der Waals surface area contributed by atoms with Crippen LogP contribution in [0.15, 0.2) is 36.4 Å². The van der Waals surface area contributed by atoms with Gasteiger partial charge in [-0.25, -0.2) is 0 Å². The van der Waals surface area contributed by atoms with Crippen molar-refractivity contribution in [1.82, 2.24) is 0 Å². The average Bonchev–Trinajstić information content (AvgIpc) is 2.36. The largest absolute Gasteiger partial charge is 0.340 e. The molecule has 0 aliphatic carbocycles. The Morgan fingerprint density at radius 1 is 1.24 bits per heavy atom. The SMILES string of the molecule is CN(C=O)c1ccc2c([C](F)F)cccc2c1. The lowest BCUT2D eigenvalue weighted by atomic mass is 10.0. The lowest BCUT2D eigenvalue weighted by Gasteiger charge is -2.12. The van der Waals surface area contributed by atoms with E-state index < -0.39 is 6.43 Å². The maximum atomic E-state index is 12.7. The van der Waals surface area contributed by atoms with Gasteiger partial charge in [-0.05, 0) is 22.9 Å². The molecule has 0 saturated heterocycles. The minimum atomic E-state index is -1.70. The number of amides is 1. The first-order valence-electron chi connectivity index (χ1n) is 5.02. The lowest BCUT2D eigenvalue weighted by Crippen LogP contribution is -2.13. The Morgan fingerprint density at radius 3 is 2.65 bits per heavy atom. The Morgan fingerprint density at radius 2 is 2.00 bits per heavy atom. The van der Waals surface area contributed by atoms with Crippen molar-refractivity contribution in [2.24, 2.45) is 0 Å². The summed E-state index contributed by atoms with van der Waals surface area (Å²) in [7, 11) is 1.61. The summed E-state index contributed by atoms with van der Waals surface area (Å²) in [6.45, 7) is 0. The van der Waals surface area contributed by atoms with Crippen molar-refractivity contribution in [2.75, 3.05) is 11.9 Å². The van der Waals surface area contributed by atoms with Crippen molar-refractivity contribution >= 4 is 22.9 Å². The molecule has 0 saturated carbocycles. The van der Waals surface area contributed by atoms with Gasteiger partial charge in [0.15, 0.2) is 0 Å². The van der Waals surface area contributed by atoms with Crippen LogP contribution in [0.2, 0.25) is 0 Å². The zero-order valence-corrected chi connectivity index (χ0v) is 9.15. The zero-order chi connectivity index (χ0) is 12.4. The summed E-state index contributed by atoms with van der Waals surface area (Å²) in [6.07, 6.45) is -1.03. The van der Waals surface area contributed by atoms with Crippen LogP contribution in [-0.2, 0) is 4.79 Å². The molecule has 0 bridgehead atoms. The number of nitrogens with zero attached hydrogens (tertiary/aromatic N) is 1. The molecule has 0 fully saturated rings. The van der Waals surface area contributed by atoms with Crippen LogP contribution >= 0.6 is 0 Å². The van der Waals surface area contributed by atoms with Crippen LogP contribution in [0.4, 0.5) is 14.5 Å². The third-order valence-corrected chi connectivity index (χ3v) is 2.63. The lowest BCUT2D eigenvalue weighted by molar-refractivity contribution is -0.107. The van der Waals surface area contributed by atoms with Gasteiger partial charge in [-0.15, -0.1) is 0 Å². The van der Waals surface area contributed by atoms with E-state index in [1.54, 1.807) is 37.4 Å². The Kier molecular flexibility index (Phi) is 3.04. The van der Waals surface area contributed by atoms with Crippen LogP contribution in [0.5, 0.6) is 0 Å². The summed E-state index contributed by atoms with van der Waals surface area (Å²) < 4.78 is 25.3. The van der Waals surface area contributed by atoms with Gasteiger partial charge in [0.2, 0.25) is 6.41 Å². The number of halogens is 2. The molecule has 0 unspecified atom stereocenters. The van der Waals surface area contributed by atoms with Crippen molar-refractivity contribution in [3.8, 4) is 0 Å². The summed E-state index contributed by atoms with van der Waals surface area (Å²) in [4.78, 5) is 12.0. The van der Waals surface area contributed by atoms with Crippen LogP contribution in [0.3, 0.4) is 0 Å². The van der Waals surface area contributed by atoms with E-state index in [1.807, 2.05) is 0 Å². The topological polar surface area (TPSA) is 20.3 Å². The van der Waals surface area contributed by atoms with Crippen LogP contribution < -0.4 is 4.90 Å².